The summed E-state index contributed by atoms with van der Waals surface area (Å²) >= 11 is 0. The maximum absolute atomic E-state index is 12.5. The van der Waals surface area contributed by atoms with Crippen LogP contribution in [0.25, 0.3) is 0 Å². The Labute approximate surface area is 137 Å². The van der Waals surface area contributed by atoms with E-state index < -0.39 is 12.0 Å². The molecule has 2 aliphatic rings. The summed E-state index contributed by atoms with van der Waals surface area (Å²) in [7, 11) is 1.32. The highest BCUT2D eigenvalue weighted by atomic mass is 16.5. The van der Waals surface area contributed by atoms with Gasteiger partial charge in [-0.05, 0) is 18.8 Å². The summed E-state index contributed by atoms with van der Waals surface area (Å²) in [6.45, 7) is 4.35. The van der Waals surface area contributed by atoms with Crippen LogP contribution in [0.2, 0.25) is 0 Å². The Morgan fingerprint density at radius 3 is 2.57 bits per heavy atom. The van der Waals surface area contributed by atoms with Crippen LogP contribution in [-0.2, 0) is 19.1 Å². The van der Waals surface area contributed by atoms with Gasteiger partial charge in [-0.2, -0.15) is 0 Å². The summed E-state index contributed by atoms with van der Waals surface area (Å²) in [6, 6.07) is -0.348. The number of hydrogen-bond acceptors (Lipinski definition) is 4. The third-order valence-corrected chi connectivity index (χ3v) is 5.26. The molecule has 2 rings (SSSR count). The quantitative estimate of drug-likeness (QED) is 0.751. The minimum atomic E-state index is -0.645. The Morgan fingerprint density at radius 1 is 1.35 bits per heavy atom. The topological polar surface area (TPSA) is 75.7 Å². The van der Waals surface area contributed by atoms with Crippen molar-refractivity contribution in [2.45, 2.75) is 64.5 Å². The maximum atomic E-state index is 12.5. The molecule has 2 fully saturated rings. The molecule has 3 unspecified atom stereocenters. The summed E-state index contributed by atoms with van der Waals surface area (Å²) < 4.78 is 4.79. The normalized spacial score (nSPS) is 24.6. The van der Waals surface area contributed by atoms with Crippen LogP contribution in [0.4, 0.5) is 0 Å². The largest absolute Gasteiger partial charge is 0.467 e. The van der Waals surface area contributed by atoms with Gasteiger partial charge in [0.05, 0.1) is 13.0 Å². The van der Waals surface area contributed by atoms with E-state index in [4.69, 9.17) is 4.74 Å². The van der Waals surface area contributed by atoms with Crippen LogP contribution in [0, 0.1) is 11.8 Å². The fourth-order valence-corrected chi connectivity index (χ4v) is 3.54. The third kappa shape index (κ3) is 4.03. The molecule has 6 heteroatoms. The van der Waals surface area contributed by atoms with Gasteiger partial charge in [0, 0.05) is 19.0 Å². The van der Waals surface area contributed by atoms with Crippen LogP contribution in [0.1, 0.15) is 52.4 Å². The van der Waals surface area contributed by atoms with Crippen molar-refractivity contribution in [3.63, 3.8) is 0 Å². The molecule has 0 aromatic heterocycles. The zero-order valence-electron chi connectivity index (χ0n) is 14.3. The highest BCUT2D eigenvalue weighted by Crippen LogP contribution is 2.29. The molecule has 1 heterocycles. The van der Waals surface area contributed by atoms with Crippen molar-refractivity contribution < 1.29 is 19.1 Å². The second-order valence-electron chi connectivity index (χ2n) is 6.78. The monoisotopic (exact) mass is 324 g/mol. The van der Waals surface area contributed by atoms with E-state index in [0.29, 0.717) is 12.6 Å². The number of hydrogen-bond donors (Lipinski definition) is 1. The first-order chi connectivity index (χ1) is 11.0. The van der Waals surface area contributed by atoms with Crippen molar-refractivity contribution in [1.82, 2.24) is 10.2 Å². The van der Waals surface area contributed by atoms with Gasteiger partial charge >= 0.3 is 5.97 Å². The maximum Gasteiger partial charge on any atom is 0.328 e. The molecule has 130 valence electrons. The Morgan fingerprint density at radius 2 is 2.00 bits per heavy atom. The third-order valence-electron chi connectivity index (χ3n) is 5.26. The number of methoxy groups -OCH3 is 1. The molecule has 1 saturated carbocycles. The van der Waals surface area contributed by atoms with Gasteiger partial charge < -0.3 is 15.0 Å². The zero-order valence-corrected chi connectivity index (χ0v) is 14.3. The summed E-state index contributed by atoms with van der Waals surface area (Å²) in [5, 5.41) is 2.80. The lowest BCUT2D eigenvalue weighted by Gasteiger charge is -2.25. The molecule has 1 aliphatic carbocycles. The van der Waals surface area contributed by atoms with Crippen molar-refractivity contribution in [3.8, 4) is 0 Å². The Bertz CT molecular complexity index is 460. The predicted molar refractivity (Wildman–Crippen MR) is 85.5 cm³/mol. The predicted octanol–water partition coefficient (Wildman–Crippen LogP) is 1.48. The van der Waals surface area contributed by atoms with Crippen molar-refractivity contribution in [2.75, 3.05) is 13.7 Å². The van der Waals surface area contributed by atoms with E-state index in [9.17, 15) is 14.4 Å². The SMILES string of the molecule is CCC(C)C(NC(=O)C1CC(=O)N(C2CCCC2)C1)C(=O)OC. The Hall–Kier alpha value is -1.59. The van der Waals surface area contributed by atoms with Gasteiger partial charge in [-0.25, -0.2) is 4.79 Å². The lowest BCUT2D eigenvalue weighted by atomic mass is 9.98. The van der Waals surface area contributed by atoms with E-state index in [0.717, 1.165) is 32.1 Å². The lowest BCUT2D eigenvalue weighted by molar-refractivity contribution is -0.147. The number of nitrogens with one attached hydrogen (secondary N) is 1. The molecule has 1 N–H and O–H groups in total. The van der Waals surface area contributed by atoms with Crippen molar-refractivity contribution in [1.29, 1.82) is 0 Å². The van der Waals surface area contributed by atoms with Crippen LogP contribution in [0.15, 0.2) is 0 Å². The molecule has 0 radical (unpaired) electrons. The summed E-state index contributed by atoms with van der Waals surface area (Å²) in [4.78, 5) is 38.5. The number of nitrogens with zero attached hydrogens (tertiary/aromatic N) is 1. The van der Waals surface area contributed by atoms with Crippen molar-refractivity contribution in [3.05, 3.63) is 0 Å². The fraction of sp³-hybridized carbons (Fsp3) is 0.824. The van der Waals surface area contributed by atoms with Crippen LogP contribution >= 0.6 is 0 Å². The first-order valence-corrected chi connectivity index (χ1v) is 8.65. The summed E-state index contributed by atoms with van der Waals surface area (Å²) in [5.74, 6) is -0.942. The number of carbonyl (C=O) groups excluding carboxylic acids is 3. The molecular formula is C17H28N2O4. The number of ether oxygens (including phenoxy) is 1. The van der Waals surface area contributed by atoms with Gasteiger partial charge in [0.15, 0.2) is 0 Å². The van der Waals surface area contributed by atoms with Gasteiger partial charge in [0.1, 0.15) is 6.04 Å². The van der Waals surface area contributed by atoms with Gasteiger partial charge in [-0.15, -0.1) is 0 Å². The first kappa shape index (κ1) is 17.8. The average molecular weight is 324 g/mol. The van der Waals surface area contributed by atoms with Crippen LogP contribution in [-0.4, -0.2) is 48.4 Å². The first-order valence-electron chi connectivity index (χ1n) is 8.65. The zero-order chi connectivity index (χ0) is 17.0. The van der Waals surface area contributed by atoms with Gasteiger partial charge in [-0.3, -0.25) is 9.59 Å². The van der Waals surface area contributed by atoms with Gasteiger partial charge in [-0.1, -0.05) is 33.1 Å². The van der Waals surface area contributed by atoms with E-state index in [1.165, 1.54) is 7.11 Å². The summed E-state index contributed by atoms with van der Waals surface area (Å²) in [5.41, 5.74) is 0. The average Bonchev–Trinajstić information content (AvgIpc) is 3.20. The van der Waals surface area contributed by atoms with E-state index in [2.05, 4.69) is 5.32 Å². The minimum Gasteiger partial charge on any atom is -0.467 e. The highest BCUT2D eigenvalue weighted by Gasteiger charge is 2.40. The van der Waals surface area contributed by atoms with Crippen molar-refractivity contribution >= 4 is 17.8 Å². The summed E-state index contributed by atoms with van der Waals surface area (Å²) in [6.07, 6.45) is 5.40. The molecule has 0 aromatic rings. The number of rotatable bonds is 6. The molecule has 23 heavy (non-hydrogen) atoms. The molecule has 3 atom stereocenters. The van der Waals surface area contributed by atoms with E-state index in [1.54, 1.807) is 0 Å². The van der Waals surface area contributed by atoms with E-state index in [-0.39, 0.29) is 30.1 Å². The molecule has 1 aliphatic heterocycles. The fourth-order valence-electron chi connectivity index (χ4n) is 3.54. The number of esters is 1. The number of amides is 2. The second-order valence-corrected chi connectivity index (χ2v) is 6.78. The number of likely N-dealkylation sites (tertiary alicyclic amines) is 1. The van der Waals surface area contributed by atoms with Crippen molar-refractivity contribution in [2.24, 2.45) is 11.8 Å². The molecule has 0 aromatic carbocycles. The number of carbonyl (C=O) groups is 3. The smallest absolute Gasteiger partial charge is 0.328 e. The van der Waals surface area contributed by atoms with Crippen LogP contribution < -0.4 is 5.32 Å². The molecule has 6 nitrogen and oxygen atoms in total. The molecular weight excluding hydrogens is 296 g/mol. The second kappa shape index (κ2) is 7.79. The minimum absolute atomic E-state index is 0.00515. The molecule has 0 spiro atoms. The Balaban J connectivity index is 1.97. The van der Waals surface area contributed by atoms with Gasteiger partial charge in [0.25, 0.3) is 0 Å². The van der Waals surface area contributed by atoms with E-state index in [1.807, 2.05) is 18.7 Å². The Kier molecular flexibility index (Phi) is 6.02. The molecule has 0 bridgehead atoms. The standard InChI is InChI=1S/C17H28N2O4/c1-4-11(2)15(17(22)23-3)18-16(21)12-9-14(20)19(10-12)13-7-5-6-8-13/h11-13,15H,4-10H2,1-3H3,(H,18,21). The molecule has 1 saturated heterocycles. The highest BCUT2D eigenvalue weighted by molar-refractivity contribution is 5.91. The van der Waals surface area contributed by atoms with Gasteiger partial charge in [0.2, 0.25) is 11.8 Å². The van der Waals surface area contributed by atoms with Crippen LogP contribution in [0.3, 0.4) is 0 Å². The lowest BCUT2D eigenvalue weighted by Crippen LogP contribution is -2.48. The van der Waals surface area contributed by atoms with Crippen LogP contribution in [0.5, 0.6) is 0 Å². The molecule has 2 amide bonds. The van der Waals surface area contributed by atoms with E-state index >= 15 is 0 Å².